The monoisotopic (exact) mass is 535 g/mol. The lowest BCUT2D eigenvalue weighted by molar-refractivity contribution is -0.150. The van der Waals surface area contributed by atoms with E-state index in [1.807, 2.05) is 0 Å². The molecule has 2 aromatic rings. The highest BCUT2D eigenvalue weighted by atomic mass is 16.5. The van der Waals surface area contributed by atoms with Gasteiger partial charge in [-0.15, -0.1) is 0 Å². The lowest BCUT2D eigenvalue weighted by Crippen LogP contribution is -2.55. The summed E-state index contributed by atoms with van der Waals surface area (Å²) in [5.74, 6) is -2.53. The van der Waals surface area contributed by atoms with Crippen LogP contribution in [0.5, 0.6) is 0 Å². The third-order valence-electron chi connectivity index (χ3n) is 7.28. The van der Waals surface area contributed by atoms with Gasteiger partial charge in [0.2, 0.25) is 0 Å². The van der Waals surface area contributed by atoms with E-state index in [9.17, 15) is 29.4 Å². The van der Waals surface area contributed by atoms with Crippen molar-refractivity contribution in [1.82, 2.24) is 4.90 Å². The lowest BCUT2D eigenvalue weighted by atomic mass is 9.96. The van der Waals surface area contributed by atoms with Gasteiger partial charge in [-0.05, 0) is 54.8 Å². The number of aliphatic hydroxyl groups excluding tert-OH is 1. The molecule has 3 aliphatic rings. The van der Waals surface area contributed by atoms with E-state index in [-0.39, 0.29) is 19.1 Å². The summed E-state index contributed by atoms with van der Waals surface area (Å²) in [5, 5.41) is 22.5. The highest BCUT2D eigenvalue weighted by molar-refractivity contribution is 6.05. The maximum atomic E-state index is 13.3. The Hall–Kier alpha value is -4.29. The topological polar surface area (TPSA) is 175 Å². The summed E-state index contributed by atoms with van der Waals surface area (Å²) in [7, 11) is 0. The molecule has 12 heteroatoms. The largest absolute Gasteiger partial charge is 0.481 e. The molecule has 3 aliphatic heterocycles. The van der Waals surface area contributed by atoms with Crippen LogP contribution in [0.4, 0.5) is 11.4 Å². The number of aliphatic hydroxyl groups is 1. The maximum Gasteiger partial charge on any atom is 0.306 e. The number of nitrogens with two attached hydrogens (primary N) is 1. The second kappa shape index (κ2) is 10.8. The maximum absolute atomic E-state index is 13.3. The number of ether oxygens (including phenoxy) is 1. The number of piperidine rings is 1. The summed E-state index contributed by atoms with van der Waals surface area (Å²) in [6.45, 7) is 1.33. The Bertz CT molecular complexity index is 1350. The zero-order valence-electron chi connectivity index (χ0n) is 21.1. The summed E-state index contributed by atoms with van der Waals surface area (Å²) in [4.78, 5) is 57.5. The Balaban J connectivity index is 1.24. The van der Waals surface area contributed by atoms with Gasteiger partial charge in [-0.25, -0.2) is 0 Å². The van der Waals surface area contributed by atoms with Gasteiger partial charge < -0.3 is 35.8 Å². The highest BCUT2D eigenvalue weighted by Crippen LogP contribution is 2.25. The molecular weight excluding hydrogens is 506 g/mol. The second-order valence-electron chi connectivity index (χ2n) is 9.74. The van der Waals surface area contributed by atoms with E-state index in [1.54, 1.807) is 47.4 Å². The van der Waals surface area contributed by atoms with Gasteiger partial charge in [0.1, 0.15) is 5.84 Å². The zero-order valence-corrected chi connectivity index (χ0v) is 21.1. The molecule has 0 aliphatic carbocycles. The molecule has 3 amide bonds. The van der Waals surface area contributed by atoms with Crippen LogP contribution in [-0.2, 0) is 25.7 Å². The lowest BCUT2D eigenvalue weighted by Gasteiger charge is -2.34. The first-order valence-electron chi connectivity index (χ1n) is 12.7. The number of carboxylic acids is 1. The summed E-state index contributed by atoms with van der Waals surface area (Å²) in [5.41, 5.74) is 8.68. The molecule has 5 rings (SSSR count). The van der Waals surface area contributed by atoms with Crippen molar-refractivity contribution in [3.8, 4) is 0 Å². The molecule has 0 spiro atoms. The van der Waals surface area contributed by atoms with Crippen LogP contribution in [0.3, 0.4) is 0 Å². The van der Waals surface area contributed by atoms with Crippen molar-refractivity contribution < 1.29 is 34.1 Å². The first-order valence-corrected chi connectivity index (χ1v) is 12.7. The van der Waals surface area contributed by atoms with E-state index in [1.165, 1.54) is 4.90 Å². The van der Waals surface area contributed by atoms with Crippen LogP contribution in [0.2, 0.25) is 0 Å². The molecule has 5 N–H and O–H groups in total. The molecule has 2 aromatic carbocycles. The molecule has 0 radical (unpaired) electrons. The number of nitrogens with zero attached hydrogens (tertiary/aromatic N) is 3. The van der Waals surface area contributed by atoms with Crippen molar-refractivity contribution in [2.45, 2.75) is 31.6 Å². The molecule has 3 heterocycles. The molecule has 0 bridgehead atoms. The number of aliphatic imine (C=N–C) groups is 1. The second-order valence-corrected chi connectivity index (χ2v) is 9.74. The number of benzene rings is 2. The minimum atomic E-state index is -1.77. The number of nitrogens with one attached hydrogen (secondary N) is 1. The fourth-order valence-corrected chi connectivity index (χ4v) is 5.07. The third kappa shape index (κ3) is 5.33. The van der Waals surface area contributed by atoms with Gasteiger partial charge in [0.05, 0.1) is 19.1 Å². The fraction of sp³-hybridized carbons (Fsp3) is 0.370. The molecule has 0 saturated carbocycles. The number of amidine groups is 1. The van der Waals surface area contributed by atoms with Crippen LogP contribution >= 0.6 is 0 Å². The number of hydrogen-bond acceptors (Lipinski definition) is 8. The number of carboxylic acid groups (broad SMARTS) is 1. The third-order valence-corrected chi connectivity index (χ3v) is 7.28. The predicted molar refractivity (Wildman–Crippen MR) is 140 cm³/mol. The van der Waals surface area contributed by atoms with E-state index >= 15 is 0 Å². The number of carbonyl (C=O) groups excluding carboxylic acids is 3. The van der Waals surface area contributed by atoms with Gasteiger partial charge in [-0.3, -0.25) is 24.2 Å². The number of likely N-dealkylation sites (tertiary alicyclic amines) is 1. The summed E-state index contributed by atoms with van der Waals surface area (Å²) in [6, 6.07) is 11.6. The number of aliphatic carboxylic acids is 1. The minimum Gasteiger partial charge on any atom is -0.481 e. The van der Waals surface area contributed by atoms with Gasteiger partial charge >= 0.3 is 5.97 Å². The van der Waals surface area contributed by atoms with E-state index < -0.39 is 35.9 Å². The smallest absolute Gasteiger partial charge is 0.306 e. The van der Waals surface area contributed by atoms with E-state index in [0.29, 0.717) is 55.2 Å². The number of hydrogen-bond donors (Lipinski definition) is 4. The Kier molecular flexibility index (Phi) is 7.31. The number of fused-ring (bicyclic) bond motifs is 1. The molecule has 2 fully saturated rings. The predicted octanol–water partition coefficient (Wildman–Crippen LogP) is 0.574. The molecule has 204 valence electrons. The molecule has 2 atom stereocenters. The van der Waals surface area contributed by atoms with Gasteiger partial charge in [-0.2, -0.15) is 0 Å². The van der Waals surface area contributed by atoms with Gasteiger partial charge in [0.25, 0.3) is 17.7 Å². The molecule has 0 unspecified atom stereocenters. The number of carbonyl (C=O) groups is 4. The standard InChI is InChI=1S/C27H29N5O7/c28-23-20-5-4-18(12-17(20)14-29-23)30-24(34)21(33)22-26(36)32(10-11-39-22)19-3-1-2-16(13-19)25(35)31-8-6-15(7-9-31)27(37)38/h1-5,12-13,15,21-22,33H,6-11,14H2,(H2,28,29)(H,30,34)(H,37,38)/t21-,22-/m1/s1. The van der Waals surface area contributed by atoms with Crippen molar-refractivity contribution in [3.63, 3.8) is 0 Å². The van der Waals surface area contributed by atoms with Crippen molar-refractivity contribution in [2.24, 2.45) is 16.6 Å². The quantitative estimate of drug-likeness (QED) is 0.415. The van der Waals surface area contributed by atoms with Gasteiger partial charge in [0.15, 0.2) is 12.2 Å². The molecule has 2 saturated heterocycles. The van der Waals surface area contributed by atoms with Crippen molar-refractivity contribution in [1.29, 1.82) is 0 Å². The SMILES string of the molecule is NC1=NCc2cc(NC(=O)[C@H](O)[C@H]3OCCN(c4cccc(C(=O)N5CCC(C(=O)O)CC5)c4)C3=O)ccc21. The van der Waals surface area contributed by atoms with Crippen LogP contribution in [0.15, 0.2) is 47.5 Å². The molecule has 0 aromatic heterocycles. The van der Waals surface area contributed by atoms with Crippen molar-refractivity contribution >= 4 is 40.9 Å². The average molecular weight is 536 g/mol. The number of morpholine rings is 1. The Labute approximate surface area is 224 Å². The van der Waals surface area contributed by atoms with Gasteiger partial charge in [0, 0.05) is 42.1 Å². The Morgan fingerprint density at radius 1 is 1.10 bits per heavy atom. The zero-order chi connectivity index (χ0) is 27.7. The van der Waals surface area contributed by atoms with Crippen LogP contribution in [0.1, 0.15) is 34.3 Å². The van der Waals surface area contributed by atoms with Crippen LogP contribution in [-0.4, -0.2) is 83.1 Å². The number of anilines is 2. The summed E-state index contributed by atoms with van der Waals surface area (Å²) >= 11 is 0. The number of rotatable bonds is 6. The summed E-state index contributed by atoms with van der Waals surface area (Å²) in [6.07, 6.45) is -2.42. The van der Waals surface area contributed by atoms with Crippen molar-refractivity contribution in [3.05, 3.63) is 59.2 Å². The fourth-order valence-electron chi connectivity index (χ4n) is 5.07. The summed E-state index contributed by atoms with van der Waals surface area (Å²) < 4.78 is 5.49. The molecular formula is C27H29N5O7. The van der Waals surface area contributed by atoms with Crippen LogP contribution < -0.4 is 16.0 Å². The first-order chi connectivity index (χ1) is 18.7. The van der Waals surface area contributed by atoms with Crippen LogP contribution in [0, 0.1) is 5.92 Å². The van der Waals surface area contributed by atoms with E-state index in [4.69, 9.17) is 10.5 Å². The van der Waals surface area contributed by atoms with Gasteiger partial charge in [-0.1, -0.05) is 6.07 Å². The highest BCUT2D eigenvalue weighted by Gasteiger charge is 2.39. The Morgan fingerprint density at radius 3 is 2.62 bits per heavy atom. The van der Waals surface area contributed by atoms with E-state index in [0.717, 1.165) is 11.1 Å². The average Bonchev–Trinajstić information content (AvgIpc) is 3.32. The molecule has 39 heavy (non-hydrogen) atoms. The van der Waals surface area contributed by atoms with Crippen LogP contribution in [0.25, 0.3) is 0 Å². The Morgan fingerprint density at radius 2 is 1.87 bits per heavy atom. The molecule has 12 nitrogen and oxygen atoms in total. The van der Waals surface area contributed by atoms with Crippen molar-refractivity contribution in [2.75, 3.05) is 36.5 Å². The number of amides is 3. The first kappa shape index (κ1) is 26.3. The minimum absolute atomic E-state index is 0.0804. The van der Waals surface area contributed by atoms with E-state index in [2.05, 4.69) is 10.3 Å². The normalized spacial score (nSPS) is 20.3.